The molecule has 0 aliphatic heterocycles. The fourth-order valence-electron chi connectivity index (χ4n) is 2.34. The van der Waals surface area contributed by atoms with Gasteiger partial charge >= 0.3 is 0 Å². The zero-order chi connectivity index (χ0) is 14.5. The molecule has 1 unspecified atom stereocenters. The van der Waals surface area contributed by atoms with Gasteiger partial charge < -0.3 is 4.74 Å². The third-order valence-electron chi connectivity index (χ3n) is 3.07. The van der Waals surface area contributed by atoms with Gasteiger partial charge in [0.05, 0.1) is 7.11 Å². The van der Waals surface area contributed by atoms with E-state index in [2.05, 4.69) is 32.0 Å². The van der Waals surface area contributed by atoms with E-state index in [-0.39, 0.29) is 0 Å². The molecule has 0 fully saturated rings. The van der Waals surface area contributed by atoms with Crippen molar-refractivity contribution in [3.05, 3.63) is 64.7 Å². The fourth-order valence-corrected chi connectivity index (χ4v) is 3.53. The van der Waals surface area contributed by atoms with Crippen molar-refractivity contribution >= 4 is 10.8 Å². The van der Waals surface area contributed by atoms with Gasteiger partial charge in [0, 0.05) is 22.3 Å². The van der Waals surface area contributed by atoms with Gasteiger partial charge in [-0.15, -0.1) is 0 Å². The Bertz CT molecular complexity index is 600. The van der Waals surface area contributed by atoms with Crippen LogP contribution in [0, 0.1) is 13.8 Å². The summed E-state index contributed by atoms with van der Waals surface area (Å²) in [6, 6.07) is 14.1. The summed E-state index contributed by atoms with van der Waals surface area (Å²) in [5.74, 6) is 1.97. The Labute approximate surface area is 123 Å². The molecule has 0 bridgehead atoms. The number of hydrogen-bond donors (Lipinski definition) is 0. The van der Waals surface area contributed by atoms with Gasteiger partial charge in [-0.25, -0.2) is 0 Å². The molecule has 2 aromatic carbocycles. The number of hydrogen-bond acceptors (Lipinski definition) is 2. The van der Waals surface area contributed by atoms with Gasteiger partial charge in [-0.3, -0.25) is 4.21 Å². The van der Waals surface area contributed by atoms with E-state index < -0.39 is 10.8 Å². The molecule has 1 atom stereocenters. The van der Waals surface area contributed by atoms with Crippen molar-refractivity contribution in [2.75, 3.05) is 7.11 Å². The largest absolute Gasteiger partial charge is 0.497 e. The lowest BCUT2D eigenvalue weighted by molar-refractivity contribution is 0.414. The number of rotatable bonds is 5. The van der Waals surface area contributed by atoms with Crippen LogP contribution in [-0.2, 0) is 22.3 Å². The molecular formula is C17H20O2S. The van der Waals surface area contributed by atoms with Gasteiger partial charge in [0.1, 0.15) is 5.75 Å². The predicted octanol–water partition coefficient (Wildman–Crippen LogP) is 3.76. The Morgan fingerprint density at radius 3 is 2.25 bits per heavy atom. The molecule has 2 nitrogen and oxygen atoms in total. The summed E-state index contributed by atoms with van der Waals surface area (Å²) >= 11 is 0. The van der Waals surface area contributed by atoms with E-state index in [1.54, 1.807) is 7.11 Å². The molecule has 0 radical (unpaired) electrons. The van der Waals surface area contributed by atoms with Crippen molar-refractivity contribution in [3.63, 3.8) is 0 Å². The molecule has 0 aliphatic rings. The van der Waals surface area contributed by atoms with Gasteiger partial charge in [0.2, 0.25) is 0 Å². The topological polar surface area (TPSA) is 26.3 Å². The molecule has 0 N–H and O–H groups in total. The minimum absolute atomic E-state index is 0.560. The highest BCUT2D eigenvalue weighted by atomic mass is 32.2. The Kier molecular flexibility index (Phi) is 4.96. The molecular weight excluding hydrogens is 268 g/mol. The first-order valence-corrected chi connectivity index (χ1v) is 8.10. The number of methoxy groups -OCH3 is 1. The summed E-state index contributed by atoms with van der Waals surface area (Å²) < 4.78 is 17.5. The van der Waals surface area contributed by atoms with Crippen LogP contribution in [-0.4, -0.2) is 11.3 Å². The van der Waals surface area contributed by atoms with Gasteiger partial charge in [-0.2, -0.15) is 0 Å². The quantitative estimate of drug-likeness (QED) is 0.837. The molecule has 0 heterocycles. The number of benzene rings is 2. The van der Waals surface area contributed by atoms with E-state index >= 15 is 0 Å². The van der Waals surface area contributed by atoms with E-state index in [0.29, 0.717) is 11.5 Å². The molecule has 106 valence electrons. The van der Waals surface area contributed by atoms with Crippen molar-refractivity contribution < 1.29 is 8.95 Å². The Hall–Kier alpha value is -1.61. The van der Waals surface area contributed by atoms with Crippen LogP contribution >= 0.6 is 0 Å². The maximum absolute atomic E-state index is 12.3. The van der Waals surface area contributed by atoms with Gasteiger partial charge in [0.15, 0.2) is 0 Å². The normalized spacial score (nSPS) is 12.2. The molecule has 20 heavy (non-hydrogen) atoms. The zero-order valence-corrected chi connectivity index (χ0v) is 13.0. The van der Waals surface area contributed by atoms with E-state index in [9.17, 15) is 4.21 Å². The molecule has 0 saturated heterocycles. The SMILES string of the molecule is COc1cccc(CS(=O)Cc2cc(C)cc(C)c2)c1. The average Bonchev–Trinajstić information content (AvgIpc) is 2.37. The molecule has 2 rings (SSSR count). The Morgan fingerprint density at radius 1 is 0.950 bits per heavy atom. The second-order valence-electron chi connectivity index (χ2n) is 5.08. The van der Waals surface area contributed by atoms with Gasteiger partial charge in [-0.05, 0) is 37.1 Å². The molecule has 0 spiro atoms. The smallest absolute Gasteiger partial charge is 0.119 e. The van der Waals surface area contributed by atoms with Crippen LogP contribution in [0.15, 0.2) is 42.5 Å². The highest BCUT2D eigenvalue weighted by Gasteiger charge is 2.05. The third-order valence-corrected chi connectivity index (χ3v) is 4.38. The van der Waals surface area contributed by atoms with Crippen LogP contribution in [0.25, 0.3) is 0 Å². The first-order valence-electron chi connectivity index (χ1n) is 6.62. The second-order valence-corrected chi connectivity index (χ2v) is 6.53. The number of ether oxygens (including phenoxy) is 1. The van der Waals surface area contributed by atoms with Crippen LogP contribution in [0.3, 0.4) is 0 Å². The highest BCUT2D eigenvalue weighted by Crippen LogP contribution is 2.16. The van der Waals surface area contributed by atoms with Crippen molar-refractivity contribution in [2.24, 2.45) is 0 Å². The summed E-state index contributed by atoms with van der Waals surface area (Å²) in [4.78, 5) is 0. The minimum Gasteiger partial charge on any atom is -0.497 e. The minimum atomic E-state index is -0.904. The monoisotopic (exact) mass is 288 g/mol. The van der Waals surface area contributed by atoms with Crippen molar-refractivity contribution in [2.45, 2.75) is 25.4 Å². The maximum atomic E-state index is 12.3. The first kappa shape index (κ1) is 14.8. The summed E-state index contributed by atoms with van der Waals surface area (Å²) in [7, 11) is 0.740. The highest BCUT2D eigenvalue weighted by molar-refractivity contribution is 7.83. The van der Waals surface area contributed by atoms with Crippen molar-refractivity contribution in [1.82, 2.24) is 0 Å². The van der Waals surface area contributed by atoms with Gasteiger partial charge in [0.25, 0.3) is 0 Å². The van der Waals surface area contributed by atoms with E-state index in [4.69, 9.17) is 4.74 Å². The number of aryl methyl sites for hydroxylation is 2. The fraction of sp³-hybridized carbons (Fsp3) is 0.294. The summed E-state index contributed by atoms with van der Waals surface area (Å²) in [5, 5.41) is 0. The maximum Gasteiger partial charge on any atom is 0.119 e. The van der Waals surface area contributed by atoms with Crippen molar-refractivity contribution in [3.8, 4) is 5.75 Å². The zero-order valence-electron chi connectivity index (χ0n) is 12.2. The van der Waals surface area contributed by atoms with E-state index in [1.165, 1.54) is 11.1 Å². The van der Waals surface area contributed by atoms with E-state index in [0.717, 1.165) is 16.9 Å². The summed E-state index contributed by atoms with van der Waals surface area (Å²) in [6.45, 7) is 4.14. The third kappa shape index (κ3) is 4.20. The molecule has 0 aromatic heterocycles. The molecule has 2 aromatic rings. The second kappa shape index (κ2) is 6.71. The lowest BCUT2D eigenvalue weighted by Gasteiger charge is -2.07. The van der Waals surface area contributed by atoms with Crippen molar-refractivity contribution in [1.29, 1.82) is 0 Å². The lowest BCUT2D eigenvalue weighted by atomic mass is 10.1. The molecule has 3 heteroatoms. The molecule has 0 saturated carbocycles. The average molecular weight is 288 g/mol. The van der Waals surface area contributed by atoms with Crippen LogP contribution in [0.4, 0.5) is 0 Å². The summed E-state index contributed by atoms with van der Waals surface area (Å²) in [5.41, 5.74) is 4.63. The summed E-state index contributed by atoms with van der Waals surface area (Å²) in [6.07, 6.45) is 0. The van der Waals surface area contributed by atoms with Crippen LogP contribution in [0.2, 0.25) is 0 Å². The molecule has 0 amide bonds. The Balaban J connectivity index is 2.04. The van der Waals surface area contributed by atoms with E-state index in [1.807, 2.05) is 24.3 Å². The molecule has 0 aliphatic carbocycles. The lowest BCUT2D eigenvalue weighted by Crippen LogP contribution is -2.00. The first-order chi connectivity index (χ1) is 9.56. The standard InChI is InChI=1S/C17H20O2S/c1-13-7-14(2)9-16(8-13)12-20(18)11-15-5-4-6-17(10-15)19-3/h4-10H,11-12H2,1-3H3. The predicted molar refractivity (Wildman–Crippen MR) is 84.5 cm³/mol. The van der Waals surface area contributed by atoms with Gasteiger partial charge in [-0.1, -0.05) is 41.5 Å². The van der Waals surface area contributed by atoms with Crippen LogP contribution < -0.4 is 4.74 Å². The van der Waals surface area contributed by atoms with Crippen LogP contribution in [0.1, 0.15) is 22.3 Å². The Morgan fingerprint density at radius 2 is 1.60 bits per heavy atom. The van der Waals surface area contributed by atoms with Crippen LogP contribution in [0.5, 0.6) is 5.75 Å².